The van der Waals surface area contributed by atoms with E-state index in [0.717, 1.165) is 25.7 Å². The van der Waals surface area contributed by atoms with Gasteiger partial charge < -0.3 is 13.1 Å². The summed E-state index contributed by atoms with van der Waals surface area (Å²) in [7, 11) is -5.11. The molecule has 0 amide bonds. The number of carboxylic acid groups (broad SMARTS) is 2. The molecule has 0 aromatic carbocycles. The molecule has 0 radical (unpaired) electrons. The zero-order valence-corrected chi connectivity index (χ0v) is 20.6. The first kappa shape index (κ1) is 30.8. The van der Waals surface area contributed by atoms with Crippen LogP contribution in [0.4, 0.5) is 0 Å². The summed E-state index contributed by atoms with van der Waals surface area (Å²) in [5.74, 6) is -3.97. The van der Waals surface area contributed by atoms with Crippen LogP contribution in [0, 0.1) is 17.8 Å². The monoisotopic (exact) mass is 448 g/mol. The van der Waals surface area contributed by atoms with Gasteiger partial charge in [-0.3, -0.25) is 14.1 Å². The van der Waals surface area contributed by atoms with Crippen LogP contribution in [0.5, 0.6) is 0 Å². The van der Waals surface area contributed by atoms with E-state index in [9.17, 15) is 32.8 Å². The van der Waals surface area contributed by atoms with Crippen molar-refractivity contribution in [1.29, 1.82) is 0 Å². The van der Waals surface area contributed by atoms with Crippen molar-refractivity contribution >= 4 is 45.1 Å². The molecular formula is C20H40MgO7S. The van der Waals surface area contributed by atoms with Gasteiger partial charge in [-0.25, -0.2) is 0 Å². The number of aliphatic carboxylic acids is 2. The summed E-state index contributed by atoms with van der Waals surface area (Å²) in [4.78, 5) is 23.8. The maximum atomic E-state index is 12.1. The SMILES string of the molecule is CC(C)CCCCCC(C(=O)O)C(CCCCCC(C)C)(C(=O)O)S(=O)(=O)O.[H-].[H-].[Mg+2]. The molecule has 0 saturated carbocycles. The van der Waals surface area contributed by atoms with E-state index in [-0.39, 0.29) is 38.7 Å². The molecule has 2 unspecified atom stereocenters. The number of unbranched alkanes of at least 4 members (excludes halogenated alkanes) is 4. The van der Waals surface area contributed by atoms with Crippen LogP contribution in [0.3, 0.4) is 0 Å². The van der Waals surface area contributed by atoms with Gasteiger partial charge in [-0.2, -0.15) is 8.42 Å². The molecule has 9 heteroatoms. The Bertz CT molecular complexity index is 600. The van der Waals surface area contributed by atoms with Gasteiger partial charge in [-0.05, 0) is 24.7 Å². The van der Waals surface area contributed by atoms with Crippen LogP contribution in [-0.4, -0.2) is 62.9 Å². The van der Waals surface area contributed by atoms with Crippen LogP contribution in [0.25, 0.3) is 0 Å². The molecule has 3 N–H and O–H groups in total. The average molecular weight is 449 g/mol. The predicted octanol–water partition coefficient (Wildman–Crippen LogP) is 4.46. The summed E-state index contributed by atoms with van der Waals surface area (Å²) in [5, 5.41) is 19.3. The van der Waals surface area contributed by atoms with Gasteiger partial charge in [0.15, 0.2) is 0 Å². The fourth-order valence-electron chi connectivity index (χ4n) is 3.60. The summed E-state index contributed by atoms with van der Waals surface area (Å²) in [6.07, 6.45) is 4.98. The van der Waals surface area contributed by atoms with Gasteiger partial charge in [-0.1, -0.05) is 79.1 Å². The molecule has 0 fully saturated rings. The number of carboxylic acids is 2. The Balaban J connectivity index is -0.00000121. The second-order valence-corrected chi connectivity index (χ2v) is 10.3. The summed E-state index contributed by atoms with van der Waals surface area (Å²) < 4.78 is 31.3. The molecule has 0 aliphatic heterocycles. The first-order valence-corrected chi connectivity index (χ1v) is 11.7. The molecule has 0 bridgehead atoms. The third-order valence-corrected chi connectivity index (χ3v) is 6.87. The second-order valence-electron chi connectivity index (χ2n) is 8.59. The van der Waals surface area contributed by atoms with E-state index in [1.54, 1.807) is 0 Å². The van der Waals surface area contributed by atoms with Crippen LogP contribution >= 0.6 is 0 Å². The first-order valence-electron chi connectivity index (χ1n) is 10.3. The molecule has 0 aromatic rings. The van der Waals surface area contributed by atoms with Gasteiger partial charge in [0, 0.05) is 0 Å². The van der Waals surface area contributed by atoms with Crippen molar-refractivity contribution in [1.82, 2.24) is 0 Å². The van der Waals surface area contributed by atoms with E-state index in [1.165, 1.54) is 0 Å². The minimum Gasteiger partial charge on any atom is -1.00 e. The van der Waals surface area contributed by atoms with E-state index < -0.39 is 39.1 Å². The Labute approximate surface area is 194 Å². The Kier molecular flexibility index (Phi) is 15.5. The van der Waals surface area contributed by atoms with E-state index in [2.05, 4.69) is 27.7 Å². The minimum atomic E-state index is -5.11. The summed E-state index contributed by atoms with van der Waals surface area (Å²) in [5.41, 5.74) is 0. The molecule has 0 saturated heterocycles. The topological polar surface area (TPSA) is 129 Å². The summed E-state index contributed by atoms with van der Waals surface area (Å²) in [6.45, 7) is 8.26. The van der Waals surface area contributed by atoms with Crippen LogP contribution in [0.15, 0.2) is 0 Å². The van der Waals surface area contributed by atoms with Gasteiger partial charge in [-0.15, -0.1) is 0 Å². The zero-order valence-electron chi connectivity index (χ0n) is 20.4. The Morgan fingerprint density at radius 1 is 0.828 bits per heavy atom. The van der Waals surface area contributed by atoms with Gasteiger partial charge in [0.1, 0.15) is 0 Å². The van der Waals surface area contributed by atoms with Gasteiger partial charge in [0.05, 0.1) is 5.92 Å². The van der Waals surface area contributed by atoms with Crippen LogP contribution < -0.4 is 0 Å². The number of hydrogen-bond acceptors (Lipinski definition) is 4. The number of carbonyl (C=O) groups is 2. The van der Waals surface area contributed by atoms with Gasteiger partial charge in [0.25, 0.3) is 10.1 Å². The van der Waals surface area contributed by atoms with Crippen LogP contribution in [0.2, 0.25) is 0 Å². The average Bonchev–Trinajstić information content (AvgIpc) is 2.52. The van der Waals surface area contributed by atoms with Gasteiger partial charge >= 0.3 is 35.0 Å². The molecule has 7 nitrogen and oxygen atoms in total. The van der Waals surface area contributed by atoms with Crippen molar-refractivity contribution in [3.8, 4) is 0 Å². The second kappa shape index (κ2) is 14.6. The Morgan fingerprint density at radius 2 is 1.24 bits per heavy atom. The molecule has 2 atom stereocenters. The van der Waals surface area contributed by atoms with Crippen LogP contribution in [-0.2, 0) is 19.7 Å². The quantitative estimate of drug-likeness (QED) is 0.180. The maximum absolute atomic E-state index is 12.1. The number of hydrogen-bond donors (Lipinski definition) is 3. The van der Waals surface area contributed by atoms with Crippen molar-refractivity contribution in [2.75, 3.05) is 0 Å². The first-order chi connectivity index (χ1) is 12.9. The minimum absolute atomic E-state index is 0. The largest absolute Gasteiger partial charge is 2.00 e. The van der Waals surface area contributed by atoms with E-state index in [4.69, 9.17) is 0 Å². The zero-order chi connectivity index (χ0) is 22.0. The van der Waals surface area contributed by atoms with E-state index in [0.29, 0.717) is 31.1 Å². The Morgan fingerprint density at radius 3 is 1.59 bits per heavy atom. The van der Waals surface area contributed by atoms with Crippen molar-refractivity contribution in [2.24, 2.45) is 17.8 Å². The normalized spacial score (nSPS) is 15.0. The van der Waals surface area contributed by atoms with Crippen LogP contribution in [0.1, 0.15) is 94.8 Å². The third kappa shape index (κ3) is 10.5. The predicted molar refractivity (Wildman–Crippen MR) is 117 cm³/mol. The van der Waals surface area contributed by atoms with Crippen molar-refractivity contribution in [2.45, 2.75) is 96.7 Å². The number of rotatable bonds is 16. The van der Waals surface area contributed by atoms with E-state index in [1.807, 2.05) is 0 Å². The Hall–Kier alpha value is -0.384. The molecule has 0 aliphatic rings. The smallest absolute Gasteiger partial charge is 1.00 e. The molecular weight excluding hydrogens is 409 g/mol. The summed E-state index contributed by atoms with van der Waals surface area (Å²) >= 11 is 0. The van der Waals surface area contributed by atoms with Gasteiger partial charge in [0.2, 0.25) is 4.75 Å². The summed E-state index contributed by atoms with van der Waals surface area (Å²) in [6, 6.07) is 0. The standard InChI is InChI=1S/C20H38O7S.Mg.2H/c1-15(2)11-7-5-9-13-17(18(21)22)20(19(23)24,28(25,26)27)14-10-6-8-12-16(3)4;;;/h15-17H,5-14H2,1-4H3,(H,21,22)(H,23,24)(H,25,26,27);;;/q;+2;2*-1. The van der Waals surface area contributed by atoms with Crippen molar-refractivity contribution in [3.63, 3.8) is 0 Å². The third-order valence-electron chi connectivity index (χ3n) is 5.29. The van der Waals surface area contributed by atoms with Crippen molar-refractivity contribution in [3.05, 3.63) is 0 Å². The molecule has 0 aliphatic carbocycles. The molecule has 0 rings (SSSR count). The maximum Gasteiger partial charge on any atom is 2.00 e. The molecule has 0 heterocycles. The molecule has 29 heavy (non-hydrogen) atoms. The van der Waals surface area contributed by atoms with Crippen molar-refractivity contribution < 1.29 is 35.6 Å². The fourth-order valence-corrected chi connectivity index (χ4v) is 4.80. The molecule has 170 valence electrons. The fraction of sp³-hybridized carbons (Fsp3) is 0.900. The molecule has 0 aromatic heterocycles. The molecule has 0 spiro atoms. The van der Waals surface area contributed by atoms with E-state index >= 15 is 0 Å².